The lowest BCUT2D eigenvalue weighted by atomic mass is 9.98. The number of nitrogens with two attached hydrogens (primary N) is 3. The first kappa shape index (κ1) is 75.9. The van der Waals surface area contributed by atoms with Crippen molar-refractivity contribution in [3.05, 3.63) is 132 Å². The number of hydrogen-bond acceptors (Lipinski definition) is 16. The van der Waals surface area contributed by atoms with E-state index in [4.69, 9.17) is 17.2 Å². The van der Waals surface area contributed by atoms with Gasteiger partial charge in [0, 0.05) is 75.4 Å². The van der Waals surface area contributed by atoms with Gasteiger partial charge in [-0.25, -0.2) is 4.98 Å². The summed E-state index contributed by atoms with van der Waals surface area (Å²) in [5.41, 5.74) is 18.8. The van der Waals surface area contributed by atoms with Crippen molar-refractivity contribution in [1.29, 1.82) is 0 Å². The minimum Gasteiger partial charge on any atom is -0.508 e. The Bertz CT molecular complexity index is 3910. The molecule has 11 amide bonds. The molecule has 7 rings (SSSR count). The average Bonchev–Trinajstić information content (AvgIpc) is 1.66. The predicted octanol–water partition coefficient (Wildman–Crippen LogP) is -1.53. The van der Waals surface area contributed by atoms with E-state index in [-0.39, 0.29) is 94.2 Å². The monoisotopic (exact) mass is 1380 g/mol. The van der Waals surface area contributed by atoms with E-state index in [1.807, 2.05) is 30.3 Å². The van der Waals surface area contributed by atoms with E-state index in [0.717, 1.165) is 17.7 Å². The molecule has 0 aliphatic carbocycles. The second-order valence-corrected chi connectivity index (χ2v) is 24.8. The topological polar surface area (TPSA) is 512 Å². The fraction of sp³-hybridized carbons (Fsp3) is 0.412. The zero-order chi connectivity index (χ0) is 72.6. The number of aliphatic hydroxyl groups is 1. The summed E-state index contributed by atoms with van der Waals surface area (Å²) in [6.45, 7) is 3.35. The molecule has 0 radical (unpaired) electrons. The Labute approximate surface area is 575 Å². The average molecular weight is 1380 g/mol. The van der Waals surface area contributed by atoms with Crippen molar-refractivity contribution >= 4 is 98.6 Å². The lowest BCUT2D eigenvalue weighted by Gasteiger charge is -2.30. The SMILES string of the molecule is CC(=O)N[C@@H](CCC(=O)O)C(=O)N[C@@H](Cc1c[nH]cn1)C(=O)N[C@@H](Cc1c[nH]c2ccccc12)C(=O)N[C@@H](CO)C(=O)N[C@@H](Cc1ccc(O)cc1)C(=O)N[C@H](Cc1ccc2ccccc2c1)C(=O)N[C@@H](CC(C)C)C(=O)N[C@@H](CCCN=C(N)N)C(=O)N1CCC[C@H]1C(=O)NCC(N)=O. The number of aromatic amines is 2. The summed E-state index contributed by atoms with van der Waals surface area (Å²) >= 11 is 0. The van der Waals surface area contributed by atoms with Crippen LogP contribution >= 0.6 is 0 Å². The number of rotatable bonds is 37. The molecule has 1 aliphatic heterocycles. The van der Waals surface area contributed by atoms with E-state index < -0.39 is 145 Å². The number of nitrogens with one attached hydrogen (secondary N) is 11. The van der Waals surface area contributed by atoms with Crippen LogP contribution in [0.4, 0.5) is 0 Å². The van der Waals surface area contributed by atoms with Crippen molar-refractivity contribution in [1.82, 2.24) is 67.7 Å². The number of carbonyl (C=O) groups excluding carboxylic acids is 11. The Balaban J connectivity index is 1.17. The minimum atomic E-state index is -1.86. The van der Waals surface area contributed by atoms with Crippen LogP contribution in [0.2, 0.25) is 0 Å². The highest BCUT2D eigenvalue weighted by molar-refractivity contribution is 6.00. The molecule has 2 aromatic heterocycles. The number of primary amides is 1. The third-order valence-corrected chi connectivity index (χ3v) is 16.6. The van der Waals surface area contributed by atoms with Gasteiger partial charge in [0.2, 0.25) is 65.0 Å². The van der Waals surface area contributed by atoms with E-state index in [9.17, 15) is 63.3 Å². The summed E-state index contributed by atoms with van der Waals surface area (Å²) < 4.78 is 0. The van der Waals surface area contributed by atoms with E-state index >= 15 is 9.59 Å². The molecule has 3 heterocycles. The number of carboxylic acid groups (broad SMARTS) is 1. The number of nitrogens with zero attached hydrogens (tertiary/aromatic N) is 3. The minimum absolute atomic E-state index is 0.00383. The van der Waals surface area contributed by atoms with Crippen molar-refractivity contribution in [3.8, 4) is 5.75 Å². The quantitative estimate of drug-likeness (QED) is 0.0119. The second-order valence-electron chi connectivity index (χ2n) is 24.8. The fourth-order valence-corrected chi connectivity index (χ4v) is 11.6. The van der Waals surface area contributed by atoms with Gasteiger partial charge in [-0.3, -0.25) is 62.5 Å². The number of H-pyrrole nitrogens is 2. The molecule has 6 aromatic rings. The molecule has 32 heteroatoms. The van der Waals surface area contributed by atoms with Gasteiger partial charge in [0.1, 0.15) is 60.1 Å². The fourth-order valence-electron chi connectivity index (χ4n) is 11.6. The number of aromatic nitrogens is 3. The second kappa shape index (κ2) is 36.8. The number of phenolic OH excluding ortho intramolecular Hbond substituents is 1. The first-order valence-electron chi connectivity index (χ1n) is 32.7. The lowest BCUT2D eigenvalue weighted by Crippen LogP contribution is -2.61. The molecule has 1 aliphatic rings. The van der Waals surface area contributed by atoms with Crippen molar-refractivity contribution in [2.24, 2.45) is 28.1 Å². The Morgan fingerprint density at radius 3 is 1.80 bits per heavy atom. The number of phenols is 1. The van der Waals surface area contributed by atoms with Crippen molar-refractivity contribution in [2.75, 3.05) is 26.2 Å². The molecule has 0 spiro atoms. The molecule has 4 aromatic carbocycles. The molecule has 1 saturated heterocycles. The van der Waals surface area contributed by atoms with Crippen LogP contribution in [0.5, 0.6) is 5.75 Å². The van der Waals surface area contributed by atoms with E-state index in [1.165, 1.54) is 41.7 Å². The Hall–Kier alpha value is -11.4. The summed E-state index contributed by atoms with van der Waals surface area (Å²) in [7, 11) is 0. The zero-order valence-electron chi connectivity index (χ0n) is 55.6. The molecule has 100 heavy (non-hydrogen) atoms. The zero-order valence-corrected chi connectivity index (χ0v) is 55.6. The first-order valence-corrected chi connectivity index (χ1v) is 32.7. The number of fused-ring (bicyclic) bond motifs is 2. The van der Waals surface area contributed by atoms with E-state index in [1.54, 1.807) is 56.4 Å². The van der Waals surface area contributed by atoms with Crippen LogP contribution in [0.15, 0.2) is 115 Å². The van der Waals surface area contributed by atoms with Crippen LogP contribution in [0.1, 0.15) is 88.1 Å². The molecule has 534 valence electrons. The van der Waals surface area contributed by atoms with Crippen LogP contribution < -0.4 is 65.1 Å². The summed E-state index contributed by atoms with van der Waals surface area (Å²) in [4.78, 5) is 181. The van der Waals surface area contributed by atoms with E-state index in [2.05, 4.69) is 67.8 Å². The maximum Gasteiger partial charge on any atom is 0.303 e. The van der Waals surface area contributed by atoms with Crippen molar-refractivity contribution in [3.63, 3.8) is 0 Å². The molecule has 32 nitrogen and oxygen atoms in total. The Morgan fingerprint density at radius 2 is 1.19 bits per heavy atom. The highest BCUT2D eigenvalue weighted by atomic mass is 16.4. The molecule has 0 saturated carbocycles. The molecule has 9 atom stereocenters. The highest BCUT2D eigenvalue weighted by Gasteiger charge is 2.40. The maximum atomic E-state index is 15.2. The van der Waals surface area contributed by atoms with Crippen LogP contribution in [0.25, 0.3) is 21.7 Å². The van der Waals surface area contributed by atoms with Crippen LogP contribution in [-0.4, -0.2) is 193 Å². The smallest absolute Gasteiger partial charge is 0.303 e. The summed E-state index contributed by atoms with van der Waals surface area (Å²) in [6.07, 6.45) is 3.26. The van der Waals surface area contributed by atoms with Gasteiger partial charge in [-0.05, 0) is 90.1 Å². The number of carboxylic acids is 1. The number of aromatic hydroxyl groups is 1. The number of amides is 11. The van der Waals surface area contributed by atoms with Crippen LogP contribution in [0.3, 0.4) is 0 Å². The Morgan fingerprint density at radius 1 is 0.630 bits per heavy atom. The number of aliphatic hydroxyl groups excluding tert-OH is 1. The highest BCUT2D eigenvalue weighted by Crippen LogP contribution is 2.23. The largest absolute Gasteiger partial charge is 0.508 e. The van der Waals surface area contributed by atoms with Gasteiger partial charge in [-0.1, -0.05) is 86.6 Å². The van der Waals surface area contributed by atoms with Crippen molar-refractivity contribution in [2.45, 2.75) is 146 Å². The standard InChI is InChI=1S/C68H87N17O15/c1-37(2)26-50(60(93)78-49(14-8-24-73-68(70)71)67(100)85-25-9-15-56(85)66(99)75-34-57(69)89)79-62(95)52(29-40-16-19-41-10-4-5-11-42(41)27-40)80-61(94)51(28-39-17-20-45(88)21-18-39)81-65(98)55(35-86)84-63(96)53(30-43-32-74-47-13-7-6-12-46(43)47)82-64(97)54(31-44-33-72-36-76-44)83-59(92)48(77-38(3)87)22-23-58(90)91/h4-7,10-13,16-21,27,32-33,36-37,48-56,74,86,88H,8-9,14-15,22-26,28-31,34-35H2,1-3H3,(H2,69,89)(H,72,76)(H,75,99)(H,77,87)(H,78,93)(H,79,95)(H,80,94)(H,81,98)(H,82,97)(H,83,92)(H,84,96)(H,90,91)(H4,70,71,73)/t48-,49-,50-,51-,52+,53-,54-,55-,56-/m0/s1. The van der Waals surface area contributed by atoms with Gasteiger partial charge >= 0.3 is 5.97 Å². The van der Waals surface area contributed by atoms with Gasteiger partial charge in [-0.2, -0.15) is 0 Å². The van der Waals surface area contributed by atoms with Gasteiger partial charge < -0.3 is 95.2 Å². The third kappa shape index (κ3) is 22.8. The van der Waals surface area contributed by atoms with Gasteiger partial charge in [-0.15, -0.1) is 0 Å². The number of carbonyl (C=O) groups is 12. The summed E-state index contributed by atoms with van der Waals surface area (Å²) in [5, 5.41) is 56.4. The summed E-state index contributed by atoms with van der Waals surface area (Å²) in [5.74, 6) is -11.3. The number of imidazole rings is 1. The Kier molecular flexibility index (Phi) is 27.9. The van der Waals surface area contributed by atoms with Gasteiger partial charge in [0.15, 0.2) is 5.96 Å². The number of para-hydroxylation sites is 1. The number of guanidine groups is 1. The first-order chi connectivity index (χ1) is 47.7. The number of aliphatic carboxylic acids is 1. The lowest BCUT2D eigenvalue weighted by molar-refractivity contribution is -0.142. The third-order valence-electron chi connectivity index (χ3n) is 16.6. The normalized spacial score (nSPS) is 15.1. The number of hydrogen-bond donors (Lipinski definition) is 17. The molecule has 20 N–H and O–H groups in total. The number of benzene rings is 4. The number of likely N-dealkylation sites (tertiary alicyclic amines) is 1. The van der Waals surface area contributed by atoms with Gasteiger partial charge in [0.05, 0.1) is 25.2 Å². The summed E-state index contributed by atoms with van der Waals surface area (Å²) in [6, 6.07) is 12.2. The maximum absolute atomic E-state index is 15.2. The van der Waals surface area contributed by atoms with Crippen molar-refractivity contribution < 1.29 is 72.9 Å². The van der Waals surface area contributed by atoms with Crippen LogP contribution in [-0.2, 0) is 83.2 Å². The molecular formula is C68H87N17O15. The van der Waals surface area contributed by atoms with E-state index in [0.29, 0.717) is 34.0 Å². The number of aliphatic imine (C=N–C) groups is 1. The molecular weight excluding hydrogens is 1290 g/mol. The van der Waals surface area contributed by atoms with Crippen LogP contribution in [0, 0.1) is 5.92 Å². The molecule has 1 fully saturated rings. The molecule has 0 unspecified atom stereocenters. The predicted molar refractivity (Wildman–Crippen MR) is 365 cm³/mol. The van der Waals surface area contributed by atoms with Gasteiger partial charge in [0.25, 0.3) is 0 Å². The molecule has 0 bridgehead atoms.